The molecule has 0 bridgehead atoms. The minimum atomic E-state index is -0.389. The molecule has 0 saturated carbocycles. The molecule has 0 spiro atoms. The van der Waals surface area contributed by atoms with Crippen LogP contribution in [-0.4, -0.2) is 35.2 Å². The van der Waals surface area contributed by atoms with Crippen LogP contribution >= 0.6 is 0 Å². The second-order valence-electron chi connectivity index (χ2n) is 6.02. The van der Waals surface area contributed by atoms with E-state index in [0.717, 1.165) is 12.1 Å². The lowest BCUT2D eigenvalue weighted by Crippen LogP contribution is -2.33. The zero-order valence-corrected chi connectivity index (χ0v) is 12.2. The number of benzene rings is 2. The normalized spacial score (nSPS) is 19.0. The van der Waals surface area contributed by atoms with Gasteiger partial charge in [0.25, 0.3) is 0 Å². The monoisotopic (exact) mass is 294 g/mol. The van der Waals surface area contributed by atoms with E-state index in [1.54, 1.807) is 4.90 Å². The number of carbonyl (C=O) groups excluding carboxylic acids is 1. The maximum atomic E-state index is 12.2. The Kier molecular flexibility index (Phi) is 3.12. The van der Waals surface area contributed by atoms with Gasteiger partial charge in [-0.1, -0.05) is 30.3 Å². The summed E-state index contributed by atoms with van der Waals surface area (Å²) in [5, 5.41) is 12.5. The van der Waals surface area contributed by atoms with Crippen molar-refractivity contribution in [3.8, 4) is 11.1 Å². The first-order valence-corrected chi connectivity index (χ1v) is 7.66. The number of rotatable bonds is 1. The van der Waals surface area contributed by atoms with Gasteiger partial charge in [0.2, 0.25) is 0 Å². The van der Waals surface area contributed by atoms with Gasteiger partial charge in [0.15, 0.2) is 0 Å². The van der Waals surface area contributed by atoms with Crippen LogP contribution < -0.4 is 5.32 Å². The molecule has 2 aliphatic rings. The molecule has 0 unspecified atom stereocenters. The van der Waals surface area contributed by atoms with Crippen molar-refractivity contribution >= 4 is 11.7 Å². The van der Waals surface area contributed by atoms with Crippen molar-refractivity contribution in [2.45, 2.75) is 18.9 Å². The van der Waals surface area contributed by atoms with Crippen molar-refractivity contribution in [2.24, 2.45) is 0 Å². The number of aliphatic hydroxyl groups is 1. The average Bonchev–Trinajstić information content (AvgIpc) is 3.10. The summed E-state index contributed by atoms with van der Waals surface area (Å²) in [5.41, 5.74) is 5.95. The van der Waals surface area contributed by atoms with Crippen LogP contribution in [0.5, 0.6) is 0 Å². The molecule has 1 heterocycles. The summed E-state index contributed by atoms with van der Waals surface area (Å²) in [6.45, 7) is 1.03. The SMILES string of the molecule is O=C(Nc1ccc2c(c1)Cc1ccccc1-2)N1CC[C@H](O)C1. The smallest absolute Gasteiger partial charge is 0.321 e. The number of anilines is 1. The fourth-order valence-corrected chi connectivity index (χ4v) is 3.35. The highest BCUT2D eigenvalue weighted by Gasteiger charge is 2.25. The molecular formula is C18H18N2O2. The number of nitrogens with zero attached hydrogens (tertiary/aromatic N) is 1. The Morgan fingerprint density at radius 3 is 2.77 bits per heavy atom. The van der Waals surface area contributed by atoms with E-state index < -0.39 is 0 Å². The van der Waals surface area contributed by atoms with Gasteiger partial charge in [-0.15, -0.1) is 0 Å². The Bertz CT molecular complexity index is 742. The number of carbonyl (C=O) groups is 1. The second kappa shape index (κ2) is 5.14. The maximum Gasteiger partial charge on any atom is 0.321 e. The Balaban J connectivity index is 1.54. The van der Waals surface area contributed by atoms with E-state index >= 15 is 0 Å². The van der Waals surface area contributed by atoms with Crippen LogP contribution in [0.3, 0.4) is 0 Å². The van der Waals surface area contributed by atoms with E-state index in [9.17, 15) is 9.90 Å². The first-order valence-electron chi connectivity index (χ1n) is 7.66. The Hall–Kier alpha value is -2.33. The Morgan fingerprint density at radius 2 is 1.95 bits per heavy atom. The molecule has 2 aromatic carbocycles. The zero-order chi connectivity index (χ0) is 15.1. The third kappa shape index (κ3) is 2.25. The van der Waals surface area contributed by atoms with Crippen LogP contribution in [0.25, 0.3) is 11.1 Å². The van der Waals surface area contributed by atoms with Gasteiger partial charge < -0.3 is 15.3 Å². The average molecular weight is 294 g/mol. The lowest BCUT2D eigenvalue weighted by atomic mass is 10.1. The summed E-state index contributed by atoms with van der Waals surface area (Å²) in [4.78, 5) is 13.8. The maximum absolute atomic E-state index is 12.2. The van der Waals surface area contributed by atoms with Crippen LogP contribution in [0.1, 0.15) is 17.5 Å². The lowest BCUT2D eigenvalue weighted by molar-refractivity contribution is 0.176. The molecule has 2 amide bonds. The van der Waals surface area contributed by atoms with E-state index in [2.05, 4.69) is 41.7 Å². The van der Waals surface area contributed by atoms with E-state index in [1.807, 2.05) is 6.07 Å². The van der Waals surface area contributed by atoms with Gasteiger partial charge in [-0.2, -0.15) is 0 Å². The van der Waals surface area contributed by atoms with Crippen LogP contribution in [0, 0.1) is 0 Å². The first kappa shape index (κ1) is 13.3. The third-order valence-corrected chi connectivity index (χ3v) is 4.50. The summed E-state index contributed by atoms with van der Waals surface area (Å²) >= 11 is 0. The second-order valence-corrected chi connectivity index (χ2v) is 6.02. The molecule has 2 aromatic rings. The number of hydrogen-bond acceptors (Lipinski definition) is 2. The topological polar surface area (TPSA) is 52.6 Å². The predicted octanol–water partition coefficient (Wildman–Crippen LogP) is 2.86. The molecule has 2 N–H and O–H groups in total. The van der Waals surface area contributed by atoms with Gasteiger partial charge in [-0.05, 0) is 47.2 Å². The van der Waals surface area contributed by atoms with Crippen molar-refractivity contribution in [3.63, 3.8) is 0 Å². The number of amides is 2. The van der Waals surface area contributed by atoms with Gasteiger partial charge in [0.1, 0.15) is 0 Å². The quantitative estimate of drug-likeness (QED) is 0.725. The lowest BCUT2D eigenvalue weighted by Gasteiger charge is -2.17. The number of hydrogen-bond donors (Lipinski definition) is 2. The van der Waals surface area contributed by atoms with Gasteiger partial charge in [-0.25, -0.2) is 4.79 Å². The van der Waals surface area contributed by atoms with Crippen LogP contribution in [-0.2, 0) is 6.42 Å². The molecule has 1 saturated heterocycles. The summed E-state index contributed by atoms with van der Waals surface area (Å²) < 4.78 is 0. The molecule has 4 rings (SSSR count). The molecule has 22 heavy (non-hydrogen) atoms. The standard InChI is InChI=1S/C18H18N2O2/c21-15-7-8-20(11-15)18(22)19-14-5-6-17-13(10-14)9-12-3-1-2-4-16(12)17/h1-6,10,15,21H,7-9,11H2,(H,19,22)/t15-/m0/s1. The van der Waals surface area contributed by atoms with E-state index in [1.165, 1.54) is 22.3 Å². The van der Waals surface area contributed by atoms with Gasteiger partial charge >= 0.3 is 6.03 Å². The summed E-state index contributed by atoms with van der Waals surface area (Å²) in [6.07, 6.45) is 1.19. The van der Waals surface area contributed by atoms with Crippen molar-refractivity contribution in [1.82, 2.24) is 4.90 Å². The molecule has 4 nitrogen and oxygen atoms in total. The van der Waals surface area contributed by atoms with Crippen molar-refractivity contribution in [1.29, 1.82) is 0 Å². The molecule has 112 valence electrons. The van der Waals surface area contributed by atoms with Crippen LogP contribution in [0.15, 0.2) is 42.5 Å². The Labute approximate surface area is 129 Å². The minimum Gasteiger partial charge on any atom is -0.391 e. The minimum absolute atomic E-state index is 0.132. The number of nitrogens with one attached hydrogen (secondary N) is 1. The van der Waals surface area contributed by atoms with Crippen LogP contribution in [0.4, 0.5) is 10.5 Å². The Morgan fingerprint density at radius 1 is 1.14 bits per heavy atom. The van der Waals surface area contributed by atoms with Crippen LogP contribution in [0.2, 0.25) is 0 Å². The number of likely N-dealkylation sites (tertiary alicyclic amines) is 1. The highest BCUT2D eigenvalue weighted by atomic mass is 16.3. The highest BCUT2D eigenvalue weighted by molar-refractivity contribution is 5.90. The van der Waals surface area contributed by atoms with E-state index in [4.69, 9.17) is 0 Å². The van der Waals surface area contributed by atoms with Gasteiger partial charge in [0.05, 0.1) is 6.10 Å². The number of urea groups is 1. The van der Waals surface area contributed by atoms with Crippen molar-refractivity contribution < 1.29 is 9.90 Å². The highest BCUT2D eigenvalue weighted by Crippen LogP contribution is 2.37. The van der Waals surface area contributed by atoms with E-state index in [-0.39, 0.29) is 12.1 Å². The number of β-amino-alcohol motifs (C(OH)–C–C–N with tert-alkyl or cyclic N) is 1. The molecule has 0 radical (unpaired) electrons. The molecule has 1 aliphatic carbocycles. The van der Waals surface area contributed by atoms with Gasteiger partial charge in [-0.3, -0.25) is 0 Å². The third-order valence-electron chi connectivity index (χ3n) is 4.50. The summed E-state index contributed by atoms with van der Waals surface area (Å²) in [7, 11) is 0. The fourth-order valence-electron chi connectivity index (χ4n) is 3.35. The summed E-state index contributed by atoms with van der Waals surface area (Å²) in [5.74, 6) is 0. The number of fused-ring (bicyclic) bond motifs is 3. The van der Waals surface area contributed by atoms with Crippen molar-refractivity contribution in [2.75, 3.05) is 18.4 Å². The zero-order valence-electron chi connectivity index (χ0n) is 12.2. The first-order chi connectivity index (χ1) is 10.7. The molecular weight excluding hydrogens is 276 g/mol. The largest absolute Gasteiger partial charge is 0.391 e. The molecule has 1 fully saturated rings. The molecule has 1 aliphatic heterocycles. The van der Waals surface area contributed by atoms with Gasteiger partial charge in [0, 0.05) is 18.8 Å². The van der Waals surface area contributed by atoms with E-state index in [0.29, 0.717) is 19.5 Å². The number of aliphatic hydroxyl groups excluding tert-OH is 1. The molecule has 1 atom stereocenters. The predicted molar refractivity (Wildman–Crippen MR) is 85.9 cm³/mol. The molecule has 4 heteroatoms. The fraction of sp³-hybridized carbons (Fsp3) is 0.278. The molecule has 0 aromatic heterocycles. The summed E-state index contributed by atoms with van der Waals surface area (Å²) in [6, 6.07) is 14.4. The van der Waals surface area contributed by atoms with Crippen molar-refractivity contribution in [3.05, 3.63) is 53.6 Å².